The zero-order chi connectivity index (χ0) is 18.4. The van der Waals surface area contributed by atoms with Crippen LogP contribution >= 0.6 is 0 Å². The highest BCUT2D eigenvalue weighted by atomic mass is 32.2. The average Bonchev–Trinajstić information content (AvgIpc) is 2.57. The molecule has 4 nitrogen and oxygen atoms in total. The van der Waals surface area contributed by atoms with Gasteiger partial charge in [-0.2, -0.15) is 8.42 Å². The molecule has 0 heterocycles. The fourth-order valence-electron chi connectivity index (χ4n) is 2.74. The van der Waals surface area contributed by atoms with Crippen LogP contribution in [-0.2, 0) is 20.7 Å². The lowest BCUT2D eigenvalue weighted by Crippen LogP contribution is -2.11. The van der Waals surface area contributed by atoms with Crippen molar-refractivity contribution in [1.82, 2.24) is 0 Å². The Balaban J connectivity index is 2.06. The average molecular weight is 371 g/mol. The third-order valence-corrected chi connectivity index (χ3v) is 4.74. The lowest BCUT2D eigenvalue weighted by atomic mass is 10.0. The molecular weight excluding hydrogens is 336 g/mol. The second-order valence-corrected chi connectivity index (χ2v) is 8.24. The summed E-state index contributed by atoms with van der Waals surface area (Å²) in [5.41, 5.74) is 1.32. The first kappa shape index (κ1) is 22.0. The van der Waals surface area contributed by atoms with Crippen molar-refractivity contribution in [2.45, 2.75) is 71.1 Å². The van der Waals surface area contributed by atoms with Gasteiger partial charge in [0, 0.05) is 0 Å². The summed E-state index contributed by atoms with van der Waals surface area (Å²) in [5.74, 6) is 0.743. The van der Waals surface area contributed by atoms with E-state index in [9.17, 15) is 8.42 Å². The van der Waals surface area contributed by atoms with E-state index < -0.39 is 10.1 Å². The van der Waals surface area contributed by atoms with E-state index in [0.29, 0.717) is 0 Å². The van der Waals surface area contributed by atoms with Gasteiger partial charge in [0.15, 0.2) is 0 Å². The van der Waals surface area contributed by atoms with Crippen LogP contribution in [0.2, 0.25) is 0 Å². The van der Waals surface area contributed by atoms with Crippen molar-refractivity contribution < 1.29 is 17.3 Å². The van der Waals surface area contributed by atoms with E-state index >= 15 is 0 Å². The van der Waals surface area contributed by atoms with Gasteiger partial charge in [0.05, 0.1) is 6.26 Å². The Morgan fingerprint density at radius 3 is 1.92 bits per heavy atom. The number of aryl methyl sites for hydroxylation is 1. The van der Waals surface area contributed by atoms with Gasteiger partial charge < -0.3 is 4.74 Å². The number of hydrogen-bond acceptors (Lipinski definition) is 4. The van der Waals surface area contributed by atoms with Crippen LogP contribution in [0.15, 0.2) is 24.3 Å². The summed E-state index contributed by atoms with van der Waals surface area (Å²) in [6.07, 6.45) is 14.3. The van der Waals surface area contributed by atoms with Gasteiger partial charge in [-0.3, -0.25) is 4.18 Å². The smallest absolute Gasteiger partial charge is 0.264 e. The molecule has 5 heteroatoms. The molecule has 0 aromatic heterocycles. The fraction of sp³-hybridized carbons (Fsp3) is 0.700. The Kier molecular flexibility index (Phi) is 11.6. The molecule has 1 aromatic carbocycles. The monoisotopic (exact) mass is 370 g/mol. The maximum Gasteiger partial charge on any atom is 0.264 e. The summed E-state index contributed by atoms with van der Waals surface area (Å²) in [4.78, 5) is 0. The highest BCUT2D eigenvalue weighted by molar-refractivity contribution is 7.85. The van der Waals surface area contributed by atoms with Gasteiger partial charge in [-0.15, -0.1) is 0 Å². The van der Waals surface area contributed by atoms with Crippen molar-refractivity contribution in [3.63, 3.8) is 0 Å². The molecule has 0 N–H and O–H groups in total. The SMILES string of the molecule is CCCCCCCCCCCc1ccc(OCCOS(C)(=O)=O)cc1. The minimum Gasteiger partial charge on any atom is -0.491 e. The fourth-order valence-corrected chi connectivity index (χ4v) is 3.11. The van der Waals surface area contributed by atoms with Crippen LogP contribution in [-0.4, -0.2) is 27.9 Å². The van der Waals surface area contributed by atoms with Gasteiger partial charge in [-0.25, -0.2) is 0 Å². The minimum absolute atomic E-state index is 0.0407. The Labute approximate surface area is 154 Å². The number of unbranched alkanes of at least 4 members (excludes halogenated alkanes) is 8. The van der Waals surface area contributed by atoms with E-state index in [1.54, 1.807) is 0 Å². The molecule has 0 amide bonds. The summed E-state index contributed by atoms with van der Waals surface area (Å²) >= 11 is 0. The summed E-state index contributed by atoms with van der Waals surface area (Å²) in [7, 11) is -3.39. The lowest BCUT2D eigenvalue weighted by molar-refractivity contribution is 0.222. The Bertz CT molecular complexity index is 537. The summed E-state index contributed by atoms with van der Waals surface area (Å²) in [5, 5.41) is 0. The summed E-state index contributed by atoms with van der Waals surface area (Å²) in [6.45, 7) is 2.52. The number of hydrogen-bond donors (Lipinski definition) is 0. The molecular formula is C20H34O4S. The van der Waals surface area contributed by atoms with Crippen LogP contribution in [0.25, 0.3) is 0 Å². The molecule has 0 spiro atoms. The molecule has 0 saturated heterocycles. The quantitative estimate of drug-likeness (QED) is 0.318. The zero-order valence-electron chi connectivity index (χ0n) is 15.8. The topological polar surface area (TPSA) is 52.6 Å². The third kappa shape index (κ3) is 12.9. The molecule has 0 unspecified atom stereocenters. The van der Waals surface area contributed by atoms with Crippen LogP contribution in [0.4, 0.5) is 0 Å². The van der Waals surface area contributed by atoms with Crippen molar-refractivity contribution in [3.05, 3.63) is 29.8 Å². The first-order valence-electron chi connectivity index (χ1n) is 9.57. The van der Waals surface area contributed by atoms with Gasteiger partial charge in [0.2, 0.25) is 0 Å². The van der Waals surface area contributed by atoms with Crippen LogP contribution in [0.1, 0.15) is 70.3 Å². The van der Waals surface area contributed by atoms with E-state index in [4.69, 9.17) is 4.74 Å². The van der Waals surface area contributed by atoms with Crippen LogP contribution in [0.5, 0.6) is 5.75 Å². The minimum atomic E-state index is -3.39. The lowest BCUT2D eigenvalue weighted by Gasteiger charge is -2.07. The molecule has 0 fully saturated rings. The Morgan fingerprint density at radius 2 is 1.36 bits per heavy atom. The molecule has 25 heavy (non-hydrogen) atoms. The zero-order valence-corrected chi connectivity index (χ0v) is 16.7. The largest absolute Gasteiger partial charge is 0.491 e. The first-order valence-corrected chi connectivity index (χ1v) is 11.4. The third-order valence-electron chi connectivity index (χ3n) is 4.14. The second kappa shape index (κ2) is 13.2. The van der Waals surface area contributed by atoms with Gasteiger partial charge in [-0.1, -0.05) is 70.4 Å². The van der Waals surface area contributed by atoms with Crippen molar-refractivity contribution in [3.8, 4) is 5.75 Å². The van der Waals surface area contributed by atoms with Crippen LogP contribution in [0.3, 0.4) is 0 Å². The van der Waals surface area contributed by atoms with Crippen molar-refractivity contribution in [2.75, 3.05) is 19.5 Å². The molecule has 0 aliphatic heterocycles. The van der Waals surface area contributed by atoms with E-state index in [1.807, 2.05) is 12.1 Å². The maximum absolute atomic E-state index is 10.8. The highest BCUT2D eigenvalue weighted by Crippen LogP contribution is 2.15. The number of benzene rings is 1. The standard InChI is InChI=1S/C20H34O4S/c1-3-4-5-6-7-8-9-10-11-12-19-13-15-20(16-14-19)23-17-18-24-25(2,21)22/h13-16H,3-12,17-18H2,1-2H3. The normalized spacial score (nSPS) is 11.6. The second-order valence-electron chi connectivity index (χ2n) is 6.60. The van der Waals surface area contributed by atoms with Gasteiger partial charge in [0.1, 0.15) is 19.0 Å². The van der Waals surface area contributed by atoms with Crippen molar-refractivity contribution in [1.29, 1.82) is 0 Å². The summed E-state index contributed by atoms with van der Waals surface area (Å²) in [6, 6.07) is 8.03. The molecule has 144 valence electrons. The van der Waals surface area contributed by atoms with Crippen LogP contribution in [0, 0.1) is 0 Å². The Morgan fingerprint density at radius 1 is 0.800 bits per heavy atom. The summed E-state index contributed by atoms with van der Waals surface area (Å²) < 4.78 is 31.8. The molecule has 1 aromatic rings. The molecule has 0 radical (unpaired) electrons. The Hall–Kier alpha value is -1.07. The predicted molar refractivity (Wildman–Crippen MR) is 104 cm³/mol. The maximum atomic E-state index is 10.8. The highest BCUT2D eigenvalue weighted by Gasteiger charge is 2.01. The van der Waals surface area contributed by atoms with E-state index in [2.05, 4.69) is 23.2 Å². The molecule has 0 aliphatic rings. The molecule has 0 aliphatic carbocycles. The molecule has 0 saturated carbocycles. The van der Waals surface area contributed by atoms with Crippen molar-refractivity contribution >= 4 is 10.1 Å². The van der Waals surface area contributed by atoms with Crippen LogP contribution < -0.4 is 4.74 Å². The first-order chi connectivity index (χ1) is 12.0. The molecule has 0 bridgehead atoms. The molecule has 0 atom stereocenters. The van der Waals surface area contributed by atoms with Crippen molar-refractivity contribution in [2.24, 2.45) is 0 Å². The predicted octanol–water partition coefficient (Wildman–Crippen LogP) is 5.11. The molecule has 1 rings (SSSR count). The van der Waals surface area contributed by atoms with E-state index in [1.165, 1.54) is 63.4 Å². The van der Waals surface area contributed by atoms with Gasteiger partial charge in [-0.05, 0) is 30.5 Å². The van der Waals surface area contributed by atoms with Gasteiger partial charge in [0.25, 0.3) is 10.1 Å². The van der Waals surface area contributed by atoms with E-state index in [0.717, 1.165) is 18.4 Å². The number of rotatable bonds is 15. The van der Waals surface area contributed by atoms with Gasteiger partial charge >= 0.3 is 0 Å². The van der Waals surface area contributed by atoms with E-state index in [-0.39, 0.29) is 13.2 Å². The number of ether oxygens (including phenoxy) is 1.